The number of alkyl halides is 3. The SMILES string of the molecule is ON(O)c1cc(F)cc(C(F)(F)F)c1. The Hall–Kier alpha value is -1.34. The van der Waals surface area contributed by atoms with E-state index < -0.39 is 28.5 Å². The summed E-state index contributed by atoms with van der Waals surface area (Å²) in [5.74, 6) is -1.21. The molecule has 0 amide bonds. The van der Waals surface area contributed by atoms with Crippen LogP contribution in [0.4, 0.5) is 23.2 Å². The molecule has 0 saturated heterocycles. The first kappa shape index (κ1) is 10.7. The number of hydrogen-bond acceptors (Lipinski definition) is 3. The van der Waals surface area contributed by atoms with Gasteiger partial charge in [0.05, 0.1) is 11.3 Å². The molecule has 78 valence electrons. The Labute approximate surface area is 75.7 Å². The van der Waals surface area contributed by atoms with Gasteiger partial charge in [0.25, 0.3) is 0 Å². The fourth-order valence-electron chi connectivity index (χ4n) is 0.853. The molecule has 3 nitrogen and oxygen atoms in total. The second-order valence-electron chi connectivity index (χ2n) is 2.49. The van der Waals surface area contributed by atoms with Crippen LogP contribution in [0.25, 0.3) is 0 Å². The molecule has 14 heavy (non-hydrogen) atoms. The van der Waals surface area contributed by atoms with Crippen LogP contribution in [0.2, 0.25) is 0 Å². The van der Waals surface area contributed by atoms with Crippen molar-refractivity contribution in [1.29, 1.82) is 0 Å². The molecule has 0 aromatic heterocycles. The average molecular weight is 211 g/mol. The van der Waals surface area contributed by atoms with E-state index in [0.717, 1.165) is 0 Å². The van der Waals surface area contributed by atoms with Gasteiger partial charge >= 0.3 is 6.18 Å². The standard InChI is InChI=1S/C7H5F4NO2/c8-5-1-4(7(9,10)11)2-6(3-5)12(13)14/h1-3,13-14H. The first-order valence-electron chi connectivity index (χ1n) is 3.36. The van der Waals surface area contributed by atoms with E-state index in [2.05, 4.69) is 0 Å². The molecule has 0 bridgehead atoms. The highest BCUT2D eigenvalue weighted by atomic mass is 19.4. The van der Waals surface area contributed by atoms with E-state index in [1.54, 1.807) is 0 Å². The van der Waals surface area contributed by atoms with Gasteiger partial charge in [0.2, 0.25) is 0 Å². The fraction of sp³-hybridized carbons (Fsp3) is 0.143. The molecule has 0 saturated carbocycles. The number of rotatable bonds is 1. The number of hydrogen-bond donors (Lipinski definition) is 2. The van der Waals surface area contributed by atoms with E-state index in [9.17, 15) is 17.6 Å². The van der Waals surface area contributed by atoms with Gasteiger partial charge in [-0.15, -0.1) is 5.23 Å². The van der Waals surface area contributed by atoms with Crippen molar-refractivity contribution in [3.05, 3.63) is 29.6 Å². The Bertz CT molecular complexity index is 337. The largest absolute Gasteiger partial charge is 0.416 e. The normalized spacial score (nSPS) is 11.6. The van der Waals surface area contributed by atoms with Gasteiger partial charge in [-0.1, -0.05) is 0 Å². The van der Waals surface area contributed by atoms with Gasteiger partial charge in [0.1, 0.15) is 5.82 Å². The van der Waals surface area contributed by atoms with E-state index in [4.69, 9.17) is 10.4 Å². The molecule has 0 unspecified atom stereocenters. The Kier molecular flexibility index (Phi) is 2.63. The van der Waals surface area contributed by atoms with Crippen molar-refractivity contribution in [1.82, 2.24) is 0 Å². The number of anilines is 1. The maximum atomic E-state index is 12.6. The van der Waals surface area contributed by atoms with Crippen LogP contribution in [-0.2, 0) is 6.18 Å². The number of benzene rings is 1. The lowest BCUT2D eigenvalue weighted by molar-refractivity contribution is -0.137. The van der Waals surface area contributed by atoms with Crippen LogP contribution >= 0.6 is 0 Å². The average Bonchev–Trinajstić information content (AvgIpc) is 2.01. The van der Waals surface area contributed by atoms with E-state index >= 15 is 0 Å². The monoisotopic (exact) mass is 211 g/mol. The van der Waals surface area contributed by atoms with Crippen molar-refractivity contribution in [3.8, 4) is 0 Å². The minimum Gasteiger partial charge on any atom is -0.264 e. The molecule has 1 aromatic carbocycles. The van der Waals surface area contributed by atoms with Crippen molar-refractivity contribution >= 4 is 5.69 Å². The van der Waals surface area contributed by atoms with E-state index in [1.807, 2.05) is 0 Å². The Morgan fingerprint density at radius 2 is 1.64 bits per heavy atom. The van der Waals surface area contributed by atoms with Crippen molar-refractivity contribution in [2.45, 2.75) is 6.18 Å². The highest BCUT2D eigenvalue weighted by Gasteiger charge is 2.31. The van der Waals surface area contributed by atoms with Gasteiger partial charge in [-0.05, 0) is 12.1 Å². The van der Waals surface area contributed by atoms with Gasteiger partial charge in [0, 0.05) is 6.07 Å². The third-order valence-electron chi connectivity index (χ3n) is 1.44. The summed E-state index contributed by atoms with van der Waals surface area (Å²) in [4.78, 5) is 0. The number of nitrogens with zero attached hydrogens (tertiary/aromatic N) is 1. The number of halogens is 4. The van der Waals surface area contributed by atoms with Crippen LogP contribution in [0.5, 0.6) is 0 Å². The van der Waals surface area contributed by atoms with Crippen LogP contribution in [0, 0.1) is 5.82 Å². The molecule has 0 spiro atoms. The molecule has 2 N–H and O–H groups in total. The molecule has 0 aliphatic rings. The van der Waals surface area contributed by atoms with E-state index in [1.165, 1.54) is 0 Å². The van der Waals surface area contributed by atoms with Gasteiger partial charge in [-0.25, -0.2) is 4.39 Å². The minimum atomic E-state index is -4.73. The summed E-state index contributed by atoms with van der Waals surface area (Å²) >= 11 is 0. The van der Waals surface area contributed by atoms with E-state index in [-0.39, 0.29) is 6.07 Å². The Morgan fingerprint density at radius 3 is 2.07 bits per heavy atom. The predicted octanol–water partition coefficient (Wildman–Crippen LogP) is 2.43. The van der Waals surface area contributed by atoms with Gasteiger partial charge in [-0.3, -0.25) is 10.4 Å². The lowest BCUT2D eigenvalue weighted by atomic mass is 10.2. The lowest BCUT2D eigenvalue weighted by Gasteiger charge is -2.11. The Balaban J connectivity index is 3.21. The van der Waals surface area contributed by atoms with Crippen LogP contribution in [0.3, 0.4) is 0 Å². The lowest BCUT2D eigenvalue weighted by Crippen LogP contribution is -2.13. The Morgan fingerprint density at radius 1 is 1.07 bits per heavy atom. The summed E-state index contributed by atoms with van der Waals surface area (Å²) in [6.45, 7) is 0. The zero-order valence-corrected chi connectivity index (χ0v) is 6.59. The summed E-state index contributed by atoms with van der Waals surface area (Å²) in [5.41, 5.74) is -1.99. The van der Waals surface area contributed by atoms with Crippen molar-refractivity contribution < 1.29 is 28.0 Å². The smallest absolute Gasteiger partial charge is 0.264 e. The zero-order chi connectivity index (χ0) is 10.9. The predicted molar refractivity (Wildman–Crippen MR) is 37.5 cm³/mol. The molecule has 0 aliphatic carbocycles. The van der Waals surface area contributed by atoms with Gasteiger partial charge in [-0.2, -0.15) is 13.2 Å². The summed E-state index contributed by atoms with van der Waals surface area (Å²) in [7, 11) is 0. The highest BCUT2D eigenvalue weighted by Crippen LogP contribution is 2.32. The van der Waals surface area contributed by atoms with Gasteiger partial charge in [0.15, 0.2) is 0 Å². The molecule has 1 aromatic rings. The van der Waals surface area contributed by atoms with Crippen LogP contribution < -0.4 is 5.23 Å². The fourth-order valence-corrected chi connectivity index (χ4v) is 0.853. The summed E-state index contributed by atoms with van der Waals surface area (Å²) in [6.07, 6.45) is -4.73. The molecule has 0 radical (unpaired) electrons. The second kappa shape index (κ2) is 3.43. The molecule has 0 atom stereocenters. The van der Waals surface area contributed by atoms with Crippen molar-refractivity contribution in [2.24, 2.45) is 0 Å². The maximum absolute atomic E-state index is 12.6. The molecule has 7 heteroatoms. The first-order valence-corrected chi connectivity index (χ1v) is 3.36. The molecule has 0 fully saturated rings. The van der Waals surface area contributed by atoms with Crippen LogP contribution in [0.1, 0.15) is 5.56 Å². The maximum Gasteiger partial charge on any atom is 0.416 e. The van der Waals surface area contributed by atoms with Gasteiger partial charge < -0.3 is 0 Å². The molecule has 1 rings (SSSR count). The van der Waals surface area contributed by atoms with Crippen LogP contribution in [0.15, 0.2) is 18.2 Å². The van der Waals surface area contributed by atoms with Crippen molar-refractivity contribution in [3.63, 3.8) is 0 Å². The summed E-state index contributed by atoms with van der Waals surface area (Å²) < 4.78 is 48.8. The summed E-state index contributed by atoms with van der Waals surface area (Å²) in [6, 6.07) is 1.21. The topological polar surface area (TPSA) is 43.7 Å². The quantitative estimate of drug-likeness (QED) is 0.553. The zero-order valence-electron chi connectivity index (χ0n) is 6.59. The third kappa shape index (κ3) is 2.33. The molecular weight excluding hydrogens is 206 g/mol. The summed E-state index contributed by atoms with van der Waals surface area (Å²) in [5, 5.41) is 16.2. The third-order valence-corrected chi connectivity index (χ3v) is 1.44. The highest BCUT2D eigenvalue weighted by molar-refractivity contribution is 5.45. The van der Waals surface area contributed by atoms with E-state index in [0.29, 0.717) is 12.1 Å². The minimum absolute atomic E-state index is 0.257. The molecule has 0 heterocycles. The van der Waals surface area contributed by atoms with Crippen molar-refractivity contribution in [2.75, 3.05) is 5.23 Å². The molecule has 0 aliphatic heterocycles. The van der Waals surface area contributed by atoms with Crippen LogP contribution in [-0.4, -0.2) is 10.4 Å². The molecular formula is C7H5F4NO2. The first-order chi connectivity index (χ1) is 6.30. The second-order valence-corrected chi connectivity index (χ2v) is 2.49.